The predicted octanol–water partition coefficient (Wildman–Crippen LogP) is 0.563. The lowest BCUT2D eigenvalue weighted by Crippen LogP contribution is -2.44. The van der Waals surface area contributed by atoms with Gasteiger partial charge in [-0.3, -0.25) is 4.98 Å². The Morgan fingerprint density at radius 2 is 2.67 bits per heavy atom. The topological polar surface area (TPSA) is 37.4 Å². The third-order valence-corrected chi connectivity index (χ3v) is 3.28. The maximum absolute atomic E-state index is 5.65. The van der Waals surface area contributed by atoms with Crippen LogP contribution >= 0.6 is 11.3 Å². The van der Waals surface area contributed by atoms with Gasteiger partial charge < -0.3 is 15.0 Å². The lowest BCUT2D eigenvalue weighted by atomic mass is 10.3. The molecule has 1 saturated heterocycles. The molecule has 1 aromatic rings. The lowest BCUT2D eigenvalue weighted by Gasteiger charge is -2.30. The molecule has 0 amide bonds. The molecule has 1 N–H and O–H groups in total. The van der Waals surface area contributed by atoms with Crippen molar-refractivity contribution in [3.8, 4) is 0 Å². The van der Waals surface area contributed by atoms with Gasteiger partial charge in [-0.2, -0.15) is 0 Å². The summed E-state index contributed by atoms with van der Waals surface area (Å²) in [5.74, 6) is 0. The second-order valence-corrected chi connectivity index (χ2v) is 4.82. The zero-order chi connectivity index (χ0) is 10.5. The van der Waals surface area contributed by atoms with Crippen LogP contribution in [-0.2, 0) is 11.3 Å². The number of morpholine rings is 1. The second kappa shape index (κ2) is 5.55. The molecule has 0 aliphatic carbocycles. The average Bonchev–Trinajstić information content (AvgIpc) is 2.71. The zero-order valence-corrected chi connectivity index (χ0v) is 9.80. The van der Waals surface area contributed by atoms with E-state index in [-0.39, 0.29) is 0 Å². The number of hydrogen-bond acceptors (Lipinski definition) is 5. The van der Waals surface area contributed by atoms with E-state index in [4.69, 9.17) is 4.74 Å². The number of rotatable bonds is 4. The Morgan fingerprint density at radius 3 is 3.40 bits per heavy atom. The summed E-state index contributed by atoms with van der Waals surface area (Å²) in [6, 6.07) is 0. The molecular formula is C10H17N3OS. The average molecular weight is 227 g/mol. The fourth-order valence-electron chi connectivity index (χ4n) is 1.68. The number of ether oxygens (including phenoxy) is 1. The third kappa shape index (κ3) is 3.53. The molecule has 4 nitrogen and oxygen atoms in total. The molecule has 0 unspecified atom stereocenters. The van der Waals surface area contributed by atoms with Crippen LogP contribution in [0.15, 0.2) is 11.7 Å². The molecule has 1 aromatic heterocycles. The van der Waals surface area contributed by atoms with E-state index >= 15 is 0 Å². The molecule has 1 aliphatic rings. The van der Waals surface area contributed by atoms with Crippen molar-refractivity contribution in [2.24, 2.45) is 0 Å². The molecule has 1 aliphatic heterocycles. The Hall–Kier alpha value is -0.490. The highest BCUT2D eigenvalue weighted by Gasteiger charge is 2.16. The number of nitrogens with one attached hydrogen (secondary N) is 1. The molecule has 15 heavy (non-hydrogen) atoms. The third-order valence-electron chi connectivity index (χ3n) is 2.50. The molecule has 0 bridgehead atoms. The van der Waals surface area contributed by atoms with Gasteiger partial charge in [0, 0.05) is 37.3 Å². The first-order valence-electron chi connectivity index (χ1n) is 5.23. The molecule has 84 valence electrons. The smallest absolute Gasteiger partial charge is 0.0826 e. The lowest BCUT2D eigenvalue weighted by molar-refractivity contribution is -0.0181. The van der Waals surface area contributed by atoms with E-state index in [0.29, 0.717) is 6.10 Å². The molecular weight excluding hydrogens is 210 g/mol. The summed E-state index contributed by atoms with van der Waals surface area (Å²) in [5.41, 5.74) is 1.86. The minimum absolute atomic E-state index is 0.330. The van der Waals surface area contributed by atoms with E-state index in [0.717, 1.165) is 32.8 Å². The summed E-state index contributed by atoms with van der Waals surface area (Å²) in [4.78, 5) is 7.62. The van der Waals surface area contributed by atoms with E-state index in [1.54, 1.807) is 11.3 Å². The number of likely N-dealkylation sites (N-methyl/N-ethyl adjacent to an activating group) is 1. The van der Waals surface area contributed by atoms with Crippen molar-refractivity contribution in [3.05, 3.63) is 16.6 Å². The number of nitrogens with zero attached hydrogens (tertiary/aromatic N) is 2. The van der Waals surface area contributed by atoms with Crippen LogP contribution in [0.1, 0.15) is 4.88 Å². The molecule has 0 radical (unpaired) electrons. The summed E-state index contributed by atoms with van der Waals surface area (Å²) < 4.78 is 5.65. The van der Waals surface area contributed by atoms with Crippen LogP contribution in [0.3, 0.4) is 0 Å². The second-order valence-electron chi connectivity index (χ2n) is 3.85. The largest absolute Gasteiger partial charge is 0.374 e. The highest BCUT2D eigenvalue weighted by atomic mass is 32.1. The molecule has 0 spiro atoms. The fraction of sp³-hybridized carbons (Fsp3) is 0.700. The van der Waals surface area contributed by atoms with Crippen LogP contribution in [0.2, 0.25) is 0 Å². The summed E-state index contributed by atoms with van der Waals surface area (Å²) in [6.45, 7) is 4.74. The van der Waals surface area contributed by atoms with Crippen LogP contribution in [0.25, 0.3) is 0 Å². The first-order chi connectivity index (χ1) is 7.34. The molecule has 5 heteroatoms. The van der Waals surface area contributed by atoms with E-state index < -0.39 is 0 Å². The zero-order valence-electron chi connectivity index (χ0n) is 8.98. The maximum atomic E-state index is 5.65. The van der Waals surface area contributed by atoms with Gasteiger partial charge in [-0.05, 0) is 7.05 Å². The predicted molar refractivity (Wildman–Crippen MR) is 61.1 cm³/mol. The summed E-state index contributed by atoms with van der Waals surface area (Å²) in [6.07, 6.45) is 2.24. The minimum atomic E-state index is 0.330. The van der Waals surface area contributed by atoms with Crippen molar-refractivity contribution >= 4 is 11.3 Å². The highest BCUT2D eigenvalue weighted by molar-refractivity contribution is 7.09. The van der Waals surface area contributed by atoms with Crippen LogP contribution < -0.4 is 5.32 Å². The normalized spacial score (nSPS) is 23.1. The number of thiazole rings is 1. The number of aromatic nitrogens is 1. The van der Waals surface area contributed by atoms with Gasteiger partial charge >= 0.3 is 0 Å². The van der Waals surface area contributed by atoms with Gasteiger partial charge in [-0.25, -0.2) is 0 Å². The van der Waals surface area contributed by atoms with E-state index in [2.05, 4.69) is 22.2 Å². The quantitative estimate of drug-likeness (QED) is 0.816. The van der Waals surface area contributed by atoms with Crippen molar-refractivity contribution in [3.63, 3.8) is 0 Å². The summed E-state index contributed by atoms with van der Waals surface area (Å²) in [7, 11) is 2.14. The monoisotopic (exact) mass is 227 g/mol. The van der Waals surface area contributed by atoms with Crippen molar-refractivity contribution in [1.82, 2.24) is 15.2 Å². The Balaban J connectivity index is 1.65. The molecule has 2 rings (SSSR count). The first-order valence-corrected chi connectivity index (χ1v) is 6.11. The van der Waals surface area contributed by atoms with Gasteiger partial charge in [0.25, 0.3) is 0 Å². The minimum Gasteiger partial charge on any atom is -0.374 e. The Kier molecular flexibility index (Phi) is 4.08. The van der Waals surface area contributed by atoms with Gasteiger partial charge in [0.05, 0.1) is 18.2 Å². The van der Waals surface area contributed by atoms with Gasteiger partial charge in [-0.15, -0.1) is 11.3 Å². The van der Waals surface area contributed by atoms with Crippen molar-refractivity contribution in [2.75, 3.05) is 33.3 Å². The van der Waals surface area contributed by atoms with Crippen molar-refractivity contribution in [1.29, 1.82) is 0 Å². The highest BCUT2D eigenvalue weighted by Crippen LogP contribution is 2.05. The number of hydrogen-bond donors (Lipinski definition) is 1. The summed E-state index contributed by atoms with van der Waals surface area (Å²) in [5, 5.41) is 3.40. The molecule has 1 atom stereocenters. The molecule has 0 aromatic carbocycles. The Bertz CT molecular complexity index is 278. The Morgan fingerprint density at radius 1 is 1.73 bits per heavy atom. The molecule has 2 heterocycles. The van der Waals surface area contributed by atoms with E-state index in [1.165, 1.54) is 4.88 Å². The Labute approximate surface area is 94.3 Å². The van der Waals surface area contributed by atoms with Crippen molar-refractivity contribution in [2.45, 2.75) is 12.6 Å². The molecule has 1 fully saturated rings. The van der Waals surface area contributed by atoms with Crippen LogP contribution in [-0.4, -0.2) is 49.3 Å². The van der Waals surface area contributed by atoms with E-state index in [9.17, 15) is 0 Å². The SMILES string of the molecule is CN1CCO[C@H](CNCc2cncs2)C1. The fourth-order valence-corrected chi connectivity index (χ4v) is 2.24. The van der Waals surface area contributed by atoms with Gasteiger partial charge in [0.2, 0.25) is 0 Å². The van der Waals surface area contributed by atoms with E-state index in [1.807, 2.05) is 11.7 Å². The molecule has 0 saturated carbocycles. The standard InChI is InChI=1S/C10H17N3OS/c1-13-2-3-14-9(7-13)4-11-5-10-6-12-8-15-10/h6,8-9,11H,2-5,7H2,1H3/t9-/m1/s1. The van der Waals surface area contributed by atoms with Crippen molar-refractivity contribution < 1.29 is 4.74 Å². The maximum Gasteiger partial charge on any atom is 0.0826 e. The van der Waals surface area contributed by atoms with Crippen LogP contribution in [0.4, 0.5) is 0 Å². The van der Waals surface area contributed by atoms with Gasteiger partial charge in [0.1, 0.15) is 0 Å². The van der Waals surface area contributed by atoms with Gasteiger partial charge in [0.15, 0.2) is 0 Å². The van der Waals surface area contributed by atoms with Gasteiger partial charge in [-0.1, -0.05) is 0 Å². The van der Waals surface area contributed by atoms with Crippen LogP contribution in [0, 0.1) is 0 Å². The summed E-state index contributed by atoms with van der Waals surface area (Å²) >= 11 is 1.69. The van der Waals surface area contributed by atoms with Crippen LogP contribution in [0.5, 0.6) is 0 Å². The first kappa shape index (κ1) is 11.0.